The fraction of sp³-hybridized carbons (Fsp3) is 0.391. The maximum atomic E-state index is 13.6. The summed E-state index contributed by atoms with van der Waals surface area (Å²) in [6, 6.07) is 9.48. The number of anilines is 1. The Morgan fingerprint density at radius 1 is 1.07 bits per heavy atom. The van der Waals surface area contributed by atoms with E-state index in [0.717, 1.165) is 28.3 Å². The van der Waals surface area contributed by atoms with Crippen LogP contribution in [0.1, 0.15) is 27.9 Å². The number of quaternary nitrogens is 1. The van der Waals surface area contributed by atoms with Crippen molar-refractivity contribution in [2.24, 2.45) is 0 Å². The van der Waals surface area contributed by atoms with Gasteiger partial charge in [0.2, 0.25) is 0 Å². The highest BCUT2D eigenvalue weighted by Crippen LogP contribution is 2.33. The second-order valence-electron chi connectivity index (χ2n) is 7.80. The van der Waals surface area contributed by atoms with Crippen LogP contribution in [0.3, 0.4) is 0 Å². The van der Waals surface area contributed by atoms with Gasteiger partial charge in [-0.25, -0.2) is 4.98 Å². The molecule has 30 heavy (non-hydrogen) atoms. The third-order valence-corrected chi connectivity index (χ3v) is 6.17. The number of benzene rings is 2. The molecule has 7 heteroatoms. The van der Waals surface area contributed by atoms with Crippen molar-refractivity contribution < 1.29 is 19.2 Å². The Morgan fingerprint density at radius 3 is 2.33 bits per heavy atom. The van der Waals surface area contributed by atoms with Crippen molar-refractivity contribution in [3.63, 3.8) is 0 Å². The molecule has 0 aliphatic heterocycles. The van der Waals surface area contributed by atoms with Gasteiger partial charge >= 0.3 is 0 Å². The maximum Gasteiger partial charge on any atom is 0.260 e. The SMILES string of the molecule is COc1cc(OC)cc(C(=O)N(CCC[NH+](C)C)c2nc3cc(C)cc(C)c3s2)c1. The predicted molar refractivity (Wildman–Crippen MR) is 123 cm³/mol. The average molecular weight is 429 g/mol. The van der Waals surface area contributed by atoms with Crippen molar-refractivity contribution in [3.8, 4) is 11.5 Å². The highest BCUT2D eigenvalue weighted by molar-refractivity contribution is 7.22. The third-order valence-electron chi connectivity index (χ3n) is 4.94. The zero-order valence-corrected chi connectivity index (χ0v) is 19.4. The summed E-state index contributed by atoms with van der Waals surface area (Å²) < 4.78 is 11.8. The number of ether oxygens (including phenoxy) is 2. The molecule has 0 saturated carbocycles. The van der Waals surface area contributed by atoms with Crippen molar-refractivity contribution in [1.82, 2.24) is 4.98 Å². The summed E-state index contributed by atoms with van der Waals surface area (Å²) in [6.45, 7) is 5.72. The van der Waals surface area contributed by atoms with Gasteiger partial charge in [-0.2, -0.15) is 0 Å². The number of aromatic nitrogens is 1. The van der Waals surface area contributed by atoms with Crippen LogP contribution in [-0.4, -0.2) is 52.3 Å². The first-order valence-electron chi connectivity index (χ1n) is 10.0. The predicted octanol–water partition coefficient (Wildman–Crippen LogP) is 3.11. The van der Waals surface area contributed by atoms with Gasteiger partial charge in [0.15, 0.2) is 5.13 Å². The molecule has 160 valence electrons. The lowest BCUT2D eigenvalue weighted by atomic mass is 10.1. The number of aryl methyl sites for hydroxylation is 2. The van der Waals surface area contributed by atoms with E-state index in [1.165, 1.54) is 16.0 Å². The van der Waals surface area contributed by atoms with E-state index in [2.05, 4.69) is 40.1 Å². The van der Waals surface area contributed by atoms with Crippen LogP contribution in [0, 0.1) is 13.8 Å². The fourth-order valence-corrected chi connectivity index (χ4v) is 4.48. The molecule has 0 aliphatic rings. The third kappa shape index (κ3) is 4.91. The summed E-state index contributed by atoms with van der Waals surface area (Å²) in [5, 5.41) is 0.722. The molecular formula is C23H30N3O3S+. The Hall–Kier alpha value is -2.64. The summed E-state index contributed by atoms with van der Waals surface area (Å²) in [4.78, 5) is 21.5. The molecule has 0 spiro atoms. The lowest BCUT2D eigenvalue weighted by Gasteiger charge is -2.21. The molecule has 0 atom stereocenters. The Labute approximate surface area is 182 Å². The number of nitrogens with zero attached hydrogens (tertiary/aromatic N) is 2. The number of rotatable bonds is 8. The number of hydrogen-bond acceptors (Lipinski definition) is 5. The highest BCUT2D eigenvalue weighted by atomic mass is 32.1. The number of carbonyl (C=O) groups excluding carboxylic acids is 1. The van der Waals surface area contributed by atoms with Crippen LogP contribution in [0.5, 0.6) is 11.5 Å². The van der Waals surface area contributed by atoms with Crippen molar-refractivity contribution in [2.75, 3.05) is 46.3 Å². The van der Waals surface area contributed by atoms with Crippen molar-refractivity contribution in [1.29, 1.82) is 0 Å². The van der Waals surface area contributed by atoms with Crippen LogP contribution >= 0.6 is 11.3 Å². The number of methoxy groups -OCH3 is 2. The molecule has 1 aromatic heterocycles. The molecule has 6 nitrogen and oxygen atoms in total. The topological polar surface area (TPSA) is 56.1 Å². The normalized spacial score (nSPS) is 11.2. The minimum atomic E-state index is -0.102. The molecule has 0 saturated heterocycles. The van der Waals surface area contributed by atoms with Gasteiger partial charge in [0.1, 0.15) is 11.5 Å². The van der Waals surface area contributed by atoms with Crippen molar-refractivity contribution >= 4 is 32.6 Å². The number of amides is 1. The largest absolute Gasteiger partial charge is 0.497 e. The first-order valence-corrected chi connectivity index (χ1v) is 10.9. The van der Waals surface area contributed by atoms with E-state index in [1.807, 2.05) is 0 Å². The molecule has 0 bridgehead atoms. The zero-order chi connectivity index (χ0) is 21.8. The lowest BCUT2D eigenvalue weighted by molar-refractivity contribution is -0.858. The van der Waals surface area contributed by atoms with Crippen LogP contribution in [0.4, 0.5) is 5.13 Å². The standard InChI is InChI=1S/C23H29N3O3S/c1-15-10-16(2)21-20(11-15)24-23(30-21)26(9-7-8-25(3)4)22(27)17-12-18(28-5)14-19(13-17)29-6/h10-14H,7-9H2,1-6H3/p+1. The molecular weight excluding hydrogens is 398 g/mol. The van der Waals surface area contributed by atoms with Gasteiger partial charge in [-0.05, 0) is 43.2 Å². The number of hydrogen-bond donors (Lipinski definition) is 1. The molecule has 0 radical (unpaired) electrons. The second kappa shape index (κ2) is 9.45. The molecule has 1 N–H and O–H groups in total. The maximum absolute atomic E-state index is 13.6. The van der Waals surface area contributed by atoms with Gasteiger partial charge < -0.3 is 14.4 Å². The molecule has 3 rings (SSSR count). The summed E-state index contributed by atoms with van der Waals surface area (Å²) in [6.07, 6.45) is 0.878. The van der Waals surface area contributed by atoms with Crippen LogP contribution in [-0.2, 0) is 0 Å². The van der Waals surface area contributed by atoms with E-state index in [1.54, 1.807) is 48.7 Å². The summed E-state index contributed by atoms with van der Waals surface area (Å²) >= 11 is 1.57. The Bertz CT molecular complexity index is 1020. The summed E-state index contributed by atoms with van der Waals surface area (Å²) in [5.74, 6) is 1.08. The van der Waals surface area contributed by atoms with Crippen LogP contribution in [0.2, 0.25) is 0 Å². The monoisotopic (exact) mass is 428 g/mol. The van der Waals surface area contributed by atoms with Gasteiger partial charge in [-0.3, -0.25) is 9.69 Å². The van der Waals surface area contributed by atoms with Gasteiger partial charge in [0.05, 0.1) is 45.1 Å². The van der Waals surface area contributed by atoms with Gasteiger partial charge in [-0.15, -0.1) is 0 Å². The van der Waals surface area contributed by atoms with Crippen LogP contribution in [0.15, 0.2) is 30.3 Å². The van der Waals surface area contributed by atoms with Gasteiger partial charge in [0.25, 0.3) is 5.91 Å². The van der Waals surface area contributed by atoms with Crippen LogP contribution in [0.25, 0.3) is 10.2 Å². The molecule has 1 amide bonds. The number of fused-ring (bicyclic) bond motifs is 1. The van der Waals surface area contributed by atoms with Crippen molar-refractivity contribution in [3.05, 3.63) is 47.0 Å². The van der Waals surface area contributed by atoms with E-state index in [0.29, 0.717) is 23.6 Å². The first kappa shape index (κ1) is 22.1. The Morgan fingerprint density at radius 2 is 1.73 bits per heavy atom. The highest BCUT2D eigenvalue weighted by Gasteiger charge is 2.23. The average Bonchev–Trinajstić information content (AvgIpc) is 3.14. The Balaban J connectivity index is 2.02. The fourth-order valence-electron chi connectivity index (χ4n) is 3.44. The summed E-state index contributed by atoms with van der Waals surface area (Å²) in [5.41, 5.74) is 3.81. The molecule has 3 aromatic rings. The number of nitrogens with one attached hydrogen (secondary N) is 1. The molecule has 0 aliphatic carbocycles. The van der Waals surface area contributed by atoms with E-state index >= 15 is 0 Å². The van der Waals surface area contributed by atoms with Crippen LogP contribution < -0.4 is 19.3 Å². The van der Waals surface area contributed by atoms with E-state index in [4.69, 9.17) is 14.5 Å². The molecule has 1 heterocycles. The number of thiazole rings is 1. The smallest absolute Gasteiger partial charge is 0.260 e. The summed E-state index contributed by atoms with van der Waals surface area (Å²) in [7, 11) is 7.39. The minimum Gasteiger partial charge on any atom is -0.497 e. The minimum absolute atomic E-state index is 0.102. The van der Waals surface area contributed by atoms with Gasteiger partial charge in [0, 0.05) is 24.6 Å². The molecule has 0 fully saturated rings. The van der Waals surface area contributed by atoms with E-state index < -0.39 is 0 Å². The zero-order valence-electron chi connectivity index (χ0n) is 18.5. The quantitative estimate of drug-likeness (QED) is 0.599. The number of carbonyl (C=O) groups is 1. The van der Waals surface area contributed by atoms with E-state index in [9.17, 15) is 4.79 Å². The second-order valence-corrected chi connectivity index (χ2v) is 8.77. The molecule has 0 unspecified atom stereocenters. The Kier molecular flexibility index (Phi) is 6.95. The van der Waals surface area contributed by atoms with Crippen molar-refractivity contribution in [2.45, 2.75) is 20.3 Å². The molecule has 2 aromatic carbocycles. The van der Waals surface area contributed by atoms with Gasteiger partial charge in [-0.1, -0.05) is 17.4 Å². The lowest BCUT2D eigenvalue weighted by Crippen LogP contribution is -3.05. The van der Waals surface area contributed by atoms with E-state index in [-0.39, 0.29) is 5.91 Å². The first-order chi connectivity index (χ1) is 14.3.